The lowest BCUT2D eigenvalue weighted by Gasteiger charge is -2.29. The zero-order valence-electron chi connectivity index (χ0n) is 11.7. The van der Waals surface area contributed by atoms with E-state index in [1.54, 1.807) is 19.1 Å². The Labute approximate surface area is 122 Å². The molecule has 106 valence electrons. The van der Waals surface area contributed by atoms with E-state index < -0.39 is 0 Å². The van der Waals surface area contributed by atoms with Crippen molar-refractivity contribution in [2.75, 3.05) is 11.9 Å². The number of carbonyl (C=O) groups is 1. The van der Waals surface area contributed by atoms with Crippen LogP contribution >= 0.6 is 15.9 Å². The normalized spacial score (nSPS) is 11.4. The van der Waals surface area contributed by atoms with E-state index in [4.69, 9.17) is 0 Å². The van der Waals surface area contributed by atoms with E-state index in [0.29, 0.717) is 17.7 Å². The summed E-state index contributed by atoms with van der Waals surface area (Å²) >= 11 is 3.51. The Morgan fingerprint density at radius 2 is 2.00 bits per heavy atom. The number of nitrogens with one attached hydrogen (secondary N) is 1. The molecular formula is C15H21BrFNO. The highest BCUT2D eigenvalue weighted by Gasteiger charge is 2.25. The van der Waals surface area contributed by atoms with Crippen LogP contribution in [0.25, 0.3) is 0 Å². The number of amides is 1. The van der Waals surface area contributed by atoms with E-state index in [0.717, 1.165) is 18.2 Å². The average molecular weight is 330 g/mol. The summed E-state index contributed by atoms with van der Waals surface area (Å²) in [6.07, 6.45) is 1.97. The van der Waals surface area contributed by atoms with Crippen LogP contribution in [0, 0.1) is 18.2 Å². The molecule has 0 heterocycles. The summed E-state index contributed by atoms with van der Waals surface area (Å²) in [6.45, 7) is 6.51. The fourth-order valence-electron chi connectivity index (χ4n) is 1.84. The van der Waals surface area contributed by atoms with Gasteiger partial charge in [-0.2, -0.15) is 0 Å². The van der Waals surface area contributed by atoms with Gasteiger partial charge in [0.15, 0.2) is 0 Å². The van der Waals surface area contributed by atoms with Crippen molar-refractivity contribution in [2.45, 2.75) is 33.6 Å². The molecule has 0 fully saturated rings. The number of hydrogen-bond acceptors (Lipinski definition) is 1. The van der Waals surface area contributed by atoms with Crippen LogP contribution in [0.1, 0.15) is 42.6 Å². The smallest absolute Gasteiger partial charge is 0.251 e. The Hall–Kier alpha value is -0.900. The molecule has 1 N–H and O–H groups in total. The van der Waals surface area contributed by atoms with Crippen LogP contribution in [0.4, 0.5) is 4.39 Å². The minimum atomic E-state index is -0.342. The predicted octanol–water partition coefficient (Wildman–Crippen LogP) is 4.07. The maximum absolute atomic E-state index is 13.4. The first-order chi connectivity index (χ1) is 8.98. The number of benzene rings is 1. The number of carbonyl (C=O) groups excluding carboxylic acids is 1. The minimum Gasteiger partial charge on any atom is -0.351 e. The quantitative estimate of drug-likeness (QED) is 0.783. The number of halogens is 2. The molecule has 0 unspecified atom stereocenters. The van der Waals surface area contributed by atoms with Gasteiger partial charge in [0.2, 0.25) is 0 Å². The Morgan fingerprint density at radius 3 is 2.47 bits per heavy atom. The SMILES string of the molecule is CCC(CC)(CBr)CNC(=O)c1ccc(C)c(F)c1. The summed E-state index contributed by atoms with van der Waals surface area (Å²) < 4.78 is 13.4. The zero-order valence-corrected chi connectivity index (χ0v) is 13.3. The molecule has 1 rings (SSSR count). The lowest BCUT2D eigenvalue weighted by atomic mass is 9.84. The van der Waals surface area contributed by atoms with Crippen LogP contribution in [-0.4, -0.2) is 17.8 Å². The van der Waals surface area contributed by atoms with Crippen LogP contribution in [0.5, 0.6) is 0 Å². The Balaban J connectivity index is 2.72. The molecule has 19 heavy (non-hydrogen) atoms. The average Bonchev–Trinajstić information content (AvgIpc) is 2.43. The molecule has 0 aliphatic carbocycles. The van der Waals surface area contributed by atoms with Gasteiger partial charge in [-0.25, -0.2) is 4.39 Å². The molecule has 4 heteroatoms. The van der Waals surface area contributed by atoms with Crippen LogP contribution < -0.4 is 5.32 Å². The lowest BCUT2D eigenvalue weighted by Crippen LogP contribution is -2.38. The van der Waals surface area contributed by atoms with E-state index in [-0.39, 0.29) is 17.1 Å². The molecule has 0 radical (unpaired) electrons. The van der Waals surface area contributed by atoms with Crippen molar-refractivity contribution in [3.63, 3.8) is 0 Å². The van der Waals surface area contributed by atoms with Crippen molar-refractivity contribution in [3.05, 3.63) is 35.1 Å². The second-order valence-electron chi connectivity index (χ2n) is 4.99. The maximum Gasteiger partial charge on any atom is 0.251 e. The summed E-state index contributed by atoms with van der Waals surface area (Å²) in [5.41, 5.74) is 0.992. The van der Waals surface area contributed by atoms with Crippen molar-refractivity contribution in [1.29, 1.82) is 0 Å². The first kappa shape index (κ1) is 16.2. The largest absolute Gasteiger partial charge is 0.351 e. The molecule has 0 spiro atoms. The van der Waals surface area contributed by atoms with Crippen molar-refractivity contribution < 1.29 is 9.18 Å². The van der Waals surface area contributed by atoms with Crippen molar-refractivity contribution in [3.8, 4) is 0 Å². The van der Waals surface area contributed by atoms with Gasteiger partial charge in [-0.15, -0.1) is 0 Å². The van der Waals surface area contributed by atoms with Gasteiger partial charge in [0.1, 0.15) is 5.82 Å². The number of alkyl halides is 1. The number of hydrogen-bond donors (Lipinski definition) is 1. The minimum absolute atomic E-state index is 0.0684. The van der Waals surface area contributed by atoms with Gasteiger partial charge in [-0.05, 0) is 42.9 Å². The molecule has 0 atom stereocenters. The van der Waals surface area contributed by atoms with Crippen molar-refractivity contribution in [1.82, 2.24) is 5.32 Å². The molecule has 1 aromatic carbocycles. The molecule has 0 saturated heterocycles. The molecule has 0 bridgehead atoms. The van der Waals surface area contributed by atoms with E-state index >= 15 is 0 Å². The molecule has 0 aromatic heterocycles. The predicted molar refractivity (Wildman–Crippen MR) is 80.3 cm³/mol. The van der Waals surface area contributed by atoms with Crippen LogP contribution in [0.2, 0.25) is 0 Å². The Bertz CT molecular complexity index is 436. The molecular weight excluding hydrogens is 309 g/mol. The van der Waals surface area contributed by atoms with Crippen LogP contribution in [0.3, 0.4) is 0 Å². The van der Waals surface area contributed by atoms with Crippen molar-refractivity contribution >= 4 is 21.8 Å². The van der Waals surface area contributed by atoms with Gasteiger partial charge in [-0.3, -0.25) is 4.79 Å². The second kappa shape index (κ2) is 7.04. The van der Waals surface area contributed by atoms with Gasteiger partial charge >= 0.3 is 0 Å². The standard InChI is InChI=1S/C15H21BrFNO/c1-4-15(5-2,9-16)10-18-14(19)12-7-6-11(3)13(17)8-12/h6-8H,4-5,9-10H2,1-3H3,(H,18,19). The summed E-state index contributed by atoms with van der Waals surface area (Å²) in [6, 6.07) is 4.57. The number of rotatable bonds is 6. The Kier molecular flexibility index (Phi) is 5.98. The monoisotopic (exact) mass is 329 g/mol. The van der Waals surface area contributed by atoms with Crippen LogP contribution in [-0.2, 0) is 0 Å². The van der Waals surface area contributed by atoms with Crippen LogP contribution in [0.15, 0.2) is 18.2 Å². The highest BCUT2D eigenvalue weighted by molar-refractivity contribution is 9.09. The van der Waals surface area contributed by atoms with E-state index in [2.05, 4.69) is 35.1 Å². The number of aryl methyl sites for hydroxylation is 1. The third-order valence-corrected chi connectivity index (χ3v) is 5.03. The highest BCUT2D eigenvalue weighted by atomic mass is 79.9. The van der Waals surface area contributed by atoms with Gasteiger partial charge in [0.25, 0.3) is 5.91 Å². The Morgan fingerprint density at radius 1 is 1.37 bits per heavy atom. The summed E-state index contributed by atoms with van der Waals surface area (Å²) in [4.78, 5) is 12.0. The van der Waals surface area contributed by atoms with E-state index in [9.17, 15) is 9.18 Å². The first-order valence-electron chi connectivity index (χ1n) is 6.58. The van der Waals surface area contributed by atoms with Gasteiger partial charge < -0.3 is 5.32 Å². The fraction of sp³-hybridized carbons (Fsp3) is 0.533. The molecule has 1 amide bonds. The van der Waals surface area contributed by atoms with Gasteiger partial charge in [-0.1, -0.05) is 35.8 Å². The first-order valence-corrected chi connectivity index (χ1v) is 7.70. The molecule has 0 aliphatic rings. The third-order valence-electron chi connectivity index (χ3n) is 3.84. The van der Waals surface area contributed by atoms with E-state index in [1.807, 2.05) is 0 Å². The molecule has 1 aromatic rings. The third kappa shape index (κ3) is 4.03. The molecule has 0 saturated carbocycles. The molecule has 0 aliphatic heterocycles. The summed E-state index contributed by atoms with van der Waals surface area (Å²) in [5, 5.41) is 3.75. The second-order valence-corrected chi connectivity index (χ2v) is 5.55. The van der Waals surface area contributed by atoms with Crippen molar-refractivity contribution in [2.24, 2.45) is 5.41 Å². The summed E-state index contributed by atoms with van der Waals surface area (Å²) in [7, 11) is 0. The van der Waals surface area contributed by atoms with Gasteiger partial charge in [0.05, 0.1) is 0 Å². The molecule has 2 nitrogen and oxygen atoms in total. The van der Waals surface area contributed by atoms with E-state index in [1.165, 1.54) is 6.07 Å². The maximum atomic E-state index is 13.4. The lowest BCUT2D eigenvalue weighted by molar-refractivity contribution is 0.0932. The fourth-order valence-corrected chi connectivity index (χ4v) is 2.83. The topological polar surface area (TPSA) is 29.1 Å². The summed E-state index contributed by atoms with van der Waals surface area (Å²) in [5.74, 6) is -0.559. The highest BCUT2D eigenvalue weighted by Crippen LogP contribution is 2.27. The zero-order chi connectivity index (χ0) is 14.5. The van der Waals surface area contributed by atoms with Gasteiger partial charge in [0, 0.05) is 17.4 Å².